The molecule has 2 N–H and O–H groups in total. The van der Waals surface area contributed by atoms with Crippen LogP contribution in [-0.2, 0) is 19.6 Å². The smallest absolute Gasteiger partial charge is 0.330 e. The highest BCUT2D eigenvalue weighted by Crippen LogP contribution is 2.22. The number of aliphatic carboxylic acids is 1. The van der Waals surface area contributed by atoms with E-state index >= 15 is 0 Å². The van der Waals surface area contributed by atoms with Gasteiger partial charge in [-0.25, -0.2) is 17.5 Å². The predicted molar refractivity (Wildman–Crippen MR) is 93.7 cm³/mol. The lowest BCUT2D eigenvalue weighted by Crippen LogP contribution is -2.45. The fraction of sp³-hybridized carbons (Fsp3) is 0.500. The number of sulfonamides is 1. The zero-order chi connectivity index (χ0) is 18.6. The van der Waals surface area contributed by atoms with Crippen molar-refractivity contribution in [1.82, 2.24) is 9.62 Å². The number of carboxylic acid groups (broad SMARTS) is 1. The van der Waals surface area contributed by atoms with Crippen LogP contribution in [0.2, 0.25) is 5.02 Å². The SMILES string of the molecule is CCS(=O)(=O)N1CCC(C(=O)NC(C(=O)O)c2ccc(Cl)cc2)CC1. The average molecular weight is 389 g/mol. The monoisotopic (exact) mass is 388 g/mol. The molecule has 1 amide bonds. The highest BCUT2D eigenvalue weighted by molar-refractivity contribution is 7.89. The molecule has 1 atom stereocenters. The van der Waals surface area contributed by atoms with Gasteiger partial charge in [0.2, 0.25) is 15.9 Å². The molecule has 0 radical (unpaired) electrons. The highest BCUT2D eigenvalue weighted by Gasteiger charge is 2.32. The van der Waals surface area contributed by atoms with Gasteiger partial charge in [0.25, 0.3) is 0 Å². The number of piperidine rings is 1. The maximum absolute atomic E-state index is 12.4. The summed E-state index contributed by atoms with van der Waals surface area (Å²) in [5, 5.41) is 12.4. The average Bonchev–Trinajstić information content (AvgIpc) is 2.60. The van der Waals surface area contributed by atoms with Crippen LogP contribution in [0.5, 0.6) is 0 Å². The number of hydrogen-bond donors (Lipinski definition) is 2. The van der Waals surface area contributed by atoms with E-state index in [1.807, 2.05) is 0 Å². The number of carboxylic acids is 1. The molecular formula is C16H21ClN2O5S. The lowest BCUT2D eigenvalue weighted by Gasteiger charge is -2.30. The van der Waals surface area contributed by atoms with E-state index in [-0.39, 0.29) is 24.7 Å². The van der Waals surface area contributed by atoms with E-state index in [2.05, 4.69) is 5.32 Å². The summed E-state index contributed by atoms with van der Waals surface area (Å²) in [6.07, 6.45) is 0.746. The zero-order valence-electron chi connectivity index (χ0n) is 13.8. The molecule has 0 saturated carbocycles. The van der Waals surface area contributed by atoms with Gasteiger partial charge in [-0.15, -0.1) is 0 Å². The predicted octanol–water partition coefficient (Wildman–Crippen LogP) is 1.64. The molecule has 1 aromatic carbocycles. The molecule has 9 heteroatoms. The first-order valence-electron chi connectivity index (χ1n) is 8.01. The molecule has 1 unspecified atom stereocenters. The molecule has 0 spiro atoms. The maximum atomic E-state index is 12.4. The van der Waals surface area contributed by atoms with E-state index < -0.39 is 28.0 Å². The molecule has 0 aromatic heterocycles. The van der Waals surface area contributed by atoms with E-state index in [1.165, 1.54) is 4.31 Å². The number of nitrogens with one attached hydrogen (secondary N) is 1. The molecular weight excluding hydrogens is 368 g/mol. The Kier molecular flexibility index (Phi) is 6.42. The van der Waals surface area contributed by atoms with Crippen molar-refractivity contribution in [2.24, 2.45) is 5.92 Å². The van der Waals surface area contributed by atoms with Crippen LogP contribution in [0, 0.1) is 5.92 Å². The van der Waals surface area contributed by atoms with Crippen molar-refractivity contribution in [3.8, 4) is 0 Å². The highest BCUT2D eigenvalue weighted by atomic mass is 35.5. The third-order valence-electron chi connectivity index (χ3n) is 4.32. The van der Waals surface area contributed by atoms with Gasteiger partial charge in [-0.05, 0) is 37.5 Å². The number of carbonyl (C=O) groups is 2. The second-order valence-electron chi connectivity index (χ2n) is 5.91. The Hall–Kier alpha value is -1.64. The van der Waals surface area contributed by atoms with Crippen molar-refractivity contribution in [3.05, 3.63) is 34.9 Å². The molecule has 1 heterocycles. The summed E-state index contributed by atoms with van der Waals surface area (Å²) >= 11 is 5.80. The van der Waals surface area contributed by atoms with Crippen LogP contribution in [0.4, 0.5) is 0 Å². The first kappa shape index (κ1) is 19.7. The minimum Gasteiger partial charge on any atom is -0.479 e. The van der Waals surface area contributed by atoms with Crippen molar-refractivity contribution >= 4 is 33.5 Å². The largest absolute Gasteiger partial charge is 0.479 e. The van der Waals surface area contributed by atoms with Gasteiger partial charge in [0.1, 0.15) is 0 Å². The summed E-state index contributed by atoms with van der Waals surface area (Å²) in [6.45, 7) is 2.12. The zero-order valence-corrected chi connectivity index (χ0v) is 15.4. The number of nitrogens with zero attached hydrogens (tertiary/aromatic N) is 1. The number of carbonyl (C=O) groups excluding carboxylic acids is 1. The summed E-state index contributed by atoms with van der Waals surface area (Å²) < 4.78 is 25.1. The maximum Gasteiger partial charge on any atom is 0.330 e. The van der Waals surface area contributed by atoms with Gasteiger partial charge in [0.05, 0.1) is 5.75 Å². The number of hydrogen-bond acceptors (Lipinski definition) is 4. The Bertz CT molecular complexity index is 727. The van der Waals surface area contributed by atoms with Crippen LogP contribution in [0.1, 0.15) is 31.4 Å². The van der Waals surface area contributed by atoms with Gasteiger partial charge in [-0.3, -0.25) is 4.79 Å². The molecule has 0 aliphatic carbocycles. The summed E-state index contributed by atoms with van der Waals surface area (Å²) in [7, 11) is -3.26. The topological polar surface area (TPSA) is 104 Å². The third-order valence-corrected chi connectivity index (χ3v) is 6.45. The van der Waals surface area contributed by atoms with E-state index in [1.54, 1.807) is 31.2 Å². The van der Waals surface area contributed by atoms with E-state index in [0.29, 0.717) is 23.4 Å². The van der Waals surface area contributed by atoms with Crippen LogP contribution >= 0.6 is 11.6 Å². The van der Waals surface area contributed by atoms with Gasteiger partial charge in [-0.1, -0.05) is 23.7 Å². The first-order valence-corrected chi connectivity index (χ1v) is 9.99. The molecule has 1 aliphatic heterocycles. The molecule has 0 bridgehead atoms. The second kappa shape index (κ2) is 8.16. The van der Waals surface area contributed by atoms with Crippen LogP contribution in [0.3, 0.4) is 0 Å². The van der Waals surface area contributed by atoms with Gasteiger partial charge in [-0.2, -0.15) is 0 Å². The third kappa shape index (κ3) is 4.93. The van der Waals surface area contributed by atoms with Crippen LogP contribution in [0.15, 0.2) is 24.3 Å². The quantitative estimate of drug-likeness (QED) is 0.771. The molecule has 2 rings (SSSR count). The minimum absolute atomic E-state index is 0.0293. The Morgan fingerprint density at radius 1 is 1.28 bits per heavy atom. The molecule has 1 aliphatic rings. The summed E-state index contributed by atoms with van der Waals surface area (Å²) in [6, 6.07) is 5.07. The Morgan fingerprint density at radius 3 is 2.32 bits per heavy atom. The second-order valence-corrected chi connectivity index (χ2v) is 8.60. The van der Waals surface area contributed by atoms with Crippen LogP contribution < -0.4 is 5.32 Å². The molecule has 25 heavy (non-hydrogen) atoms. The van der Waals surface area contributed by atoms with Crippen molar-refractivity contribution in [1.29, 1.82) is 0 Å². The lowest BCUT2D eigenvalue weighted by molar-refractivity contribution is -0.142. The fourth-order valence-corrected chi connectivity index (χ4v) is 4.04. The molecule has 1 saturated heterocycles. The van der Waals surface area contributed by atoms with Crippen molar-refractivity contribution in [3.63, 3.8) is 0 Å². The first-order chi connectivity index (χ1) is 11.7. The standard InChI is InChI=1S/C16H21ClN2O5S/c1-2-25(23,24)19-9-7-12(8-10-19)15(20)18-14(16(21)22)11-3-5-13(17)6-4-11/h3-6,12,14H,2,7-10H2,1H3,(H,18,20)(H,21,22). The van der Waals surface area contributed by atoms with Crippen molar-refractivity contribution in [2.45, 2.75) is 25.8 Å². The van der Waals surface area contributed by atoms with Gasteiger partial charge in [0.15, 0.2) is 6.04 Å². The summed E-state index contributed by atoms with van der Waals surface area (Å²) in [4.78, 5) is 23.9. The number of halogens is 1. The van der Waals surface area contributed by atoms with E-state index in [0.717, 1.165) is 0 Å². The van der Waals surface area contributed by atoms with Crippen molar-refractivity contribution in [2.75, 3.05) is 18.8 Å². The molecule has 7 nitrogen and oxygen atoms in total. The van der Waals surface area contributed by atoms with Gasteiger partial charge < -0.3 is 10.4 Å². The minimum atomic E-state index is -3.26. The molecule has 1 aromatic rings. The summed E-state index contributed by atoms with van der Waals surface area (Å²) in [5.41, 5.74) is 0.427. The number of rotatable bonds is 6. The van der Waals surface area contributed by atoms with Gasteiger partial charge in [0, 0.05) is 24.0 Å². The Balaban J connectivity index is 2.01. The molecule has 1 fully saturated rings. The van der Waals surface area contributed by atoms with Crippen molar-refractivity contribution < 1.29 is 23.1 Å². The van der Waals surface area contributed by atoms with E-state index in [4.69, 9.17) is 11.6 Å². The normalized spacial score (nSPS) is 17.8. The van der Waals surface area contributed by atoms with Crippen LogP contribution in [0.25, 0.3) is 0 Å². The lowest BCUT2D eigenvalue weighted by atomic mass is 9.96. The summed E-state index contributed by atoms with van der Waals surface area (Å²) in [5.74, 6) is -1.92. The molecule has 138 valence electrons. The Morgan fingerprint density at radius 2 is 1.84 bits per heavy atom. The number of amides is 1. The van der Waals surface area contributed by atoms with Gasteiger partial charge >= 0.3 is 5.97 Å². The van der Waals surface area contributed by atoms with Crippen LogP contribution in [-0.4, -0.2) is 48.5 Å². The van der Waals surface area contributed by atoms with E-state index in [9.17, 15) is 23.1 Å². The number of benzene rings is 1. The fourth-order valence-electron chi connectivity index (χ4n) is 2.78. The Labute approximate surface area is 152 Å².